The van der Waals surface area contributed by atoms with E-state index in [1.807, 2.05) is 4.57 Å². The van der Waals surface area contributed by atoms with Gasteiger partial charge in [0, 0.05) is 6.04 Å². The molecule has 4 atom stereocenters. The molecule has 124 valence electrons. The first kappa shape index (κ1) is 15.2. The lowest BCUT2D eigenvalue weighted by atomic mass is 9.84. The Morgan fingerprint density at radius 2 is 2.17 bits per heavy atom. The van der Waals surface area contributed by atoms with Crippen LogP contribution in [-0.2, 0) is 0 Å². The van der Waals surface area contributed by atoms with E-state index in [1.165, 1.54) is 25.7 Å². The highest BCUT2D eigenvalue weighted by Gasteiger charge is 2.43. The van der Waals surface area contributed by atoms with E-state index >= 15 is 0 Å². The average Bonchev–Trinajstić information content (AvgIpc) is 3.29. The van der Waals surface area contributed by atoms with Crippen LogP contribution in [0.1, 0.15) is 38.6 Å². The van der Waals surface area contributed by atoms with Crippen molar-refractivity contribution in [1.82, 2.24) is 14.8 Å². The second-order valence-corrected chi connectivity index (χ2v) is 7.57. The van der Waals surface area contributed by atoms with Gasteiger partial charge in [0.2, 0.25) is 5.82 Å². The van der Waals surface area contributed by atoms with Gasteiger partial charge in [-0.25, -0.2) is 0 Å². The van der Waals surface area contributed by atoms with E-state index < -0.39 is 5.76 Å². The molecule has 0 saturated heterocycles. The second-order valence-electron chi connectivity index (χ2n) is 6.61. The smallest absolute Gasteiger partial charge is 0.291 e. The molecule has 0 radical (unpaired) electrons. The molecular formula is C16H19F2N3OS. The van der Waals surface area contributed by atoms with Crippen LogP contribution in [0.15, 0.2) is 28.0 Å². The van der Waals surface area contributed by atoms with Crippen molar-refractivity contribution in [2.45, 2.75) is 49.6 Å². The highest BCUT2D eigenvalue weighted by Crippen LogP contribution is 2.53. The van der Waals surface area contributed by atoms with Crippen molar-refractivity contribution >= 4 is 11.8 Å². The lowest BCUT2D eigenvalue weighted by molar-refractivity contribution is 0.231. The summed E-state index contributed by atoms with van der Waals surface area (Å²) in [5.74, 6) is 0.639. The third-order valence-corrected chi connectivity index (χ3v) is 6.09. The molecule has 2 aliphatic rings. The summed E-state index contributed by atoms with van der Waals surface area (Å²) in [6.07, 6.45) is 6.61. The van der Waals surface area contributed by atoms with Gasteiger partial charge in [-0.05, 0) is 67.8 Å². The summed E-state index contributed by atoms with van der Waals surface area (Å²) >= 11 is 0.465. The van der Waals surface area contributed by atoms with Crippen molar-refractivity contribution in [2.75, 3.05) is 0 Å². The first-order chi connectivity index (χ1) is 11.1. The molecule has 2 aromatic heterocycles. The zero-order chi connectivity index (χ0) is 16.0. The SMILES string of the molecule is C[C@H]([C@@H]1C[C@H]2CC[C@H]1C2)n1c(SC(F)F)nnc1-c1ccco1. The molecule has 2 aliphatic carbocycles. The van der Waals surface area contributed by atoms with Crippen LogP contribution in [0.5, 0.6) is 0 Å². The minimum atomic E-state index is -2.50. The molecule has 4 nitrogen and oxygen atoms in total. The second kappa shape index (κ2) is 5.92. The summed E-state index contributed by atoms with van der Waals surface area (Å²) in [5, 5.41) is 8.41. The maximum absolute atomic E-state index is 12.9. The van der Waals surface area contributed by atoms with Gasteiger partial charge < -0.3 is 4.42 Å². The molecule has 2 saturated carbocycles. The number of fused-ring (bicyclic) bond motifs is 2. The van der Waals surface area contributed by atoms with Gasteiger partial charge in [-0.15, -0.1) is 10.2 Å². The molecule has 2 aromatic rings. The maximum Gasteiger partial charge on any atom is 0.291 e. The molecule has 2 bridgehead atoms. The van der Waals surface area contributed by atoms with E-state index in [2.05, 4.69) is 17.1 Å². The predicted octanol–water partition coefficient (Wildman–Crippen LogP) is 4.85. The highest BCUT2D eigenvalue weighted by molar-refractivity contribution is 7.99. The standard InChI is InChI=1S/C16H19F2N3OS/c1-9(12-8-10-4-5-11(12)7-10)21-14(13-3-2-6-22-13)19-20-16(21)23-15(17)18/h2-3,6,9-12,15H,4-5,7-8H2,1H3/t9-,10+,11+,12+/m1/s1. The van der Waals surface area contributed by atoms with Gasteiger partial charge >= 0.3 is 0 Å². The largest absolute Gasteiger partial charge is 0.461 e. The summed E-state index contributed by atoms with van der Waals surface area (Å²) in [7, 11) is 0. The van der Waals surface area contributed by atoms with Gasteiger partial charge in [0.25, 0.3) is 5.76 Å². The molecular weight excluding hydrogens is 320 g/mol. The number of nitrogens with zero attached hydrogens (tertiary/aromatic N) is 3. The van der Waals surface area contributed by atoms with Crippen molar-refractivity contribution in [3.63, 3.8) is 0 Å². The van der Waals surface area contributed by atoms with Crippen LogP contribution < -0.4 is 0 Å². The van der Waals surface area contributed by atoms with Gasteiger partial charge in [0.1, 0.15) is 0 Å². The summed E-state index contributed by atoms with van der Waals surface area (Å²) in [6.45, 7) is 2.11. The molecule has 0 aromatic carbocycles. The normalized spacial score (nSPS) is 27.9. The lowest BCUT2D eigenvalue weighted by Crippen LogP contribution is -2.23. The van der Waals surface area contributed by atoms with E-state index in [0.29, 0.717) is 35.2 Å². The monoisotopic (exact) mass is 339 g/mol. The molecule has 7 heteroatoms. The van der Waals surface area contributed by atoms with E-state index in [-0.39, 0.29) is 11.2 Å². The quantitative estimate of drug-likeness (QED) is 0.730. The number of thioether (sulfide) groups is 1. The number of halogens is 2. The molecule has 0 amide bonds. The number of alkyl halides is 2. The van der Waals surface area contributed by atoms with E-state index in [9.17, 15) is 8.78 Å². The molecule has 4 rings (SSSR count). The van der Waals surface area contributed by atoms with E-state index in [1.54, 1.807) is 18.4 Å². The molecule has 0 N–H and O–H groups in total. The molecule has 2 fully saturated rings. The maximum atomic E-state index is 12.9. The third kappa shape index (κ3) is 2.69. The Hall–Kier alpha value is -1.37. The van der Waals surface area contributed by atoms with Crippen molar-refractivity contribution in [2.24, 2.45) is 17.8 Å². The van der Waals surface area contributed by atoms with Crippen LogP contribution in [0, 0.1) is 17.8 Å². The Morgan fingerprint density at radius 1 is 1.30 bits per heavy atom. The number of rotatable bonds is 5. The summed E-state index contributed by atoms with van der Waals surface area (Å²) in [6, 6.07) is 3.67. The van der Waals surface area contributed by atoms with Gasteiger partial charge in [-0.1, -0.05) is 6.42 Å². The fourth-order valence-corrected chi connectivity index (χ4v) is 5.07. The number of aromatic nitrogens is 3. The van der Waals surface area contributed by atoms with Crippen LogP contribution >= 0.6 is 11.8 Å². The van der Waals surface area contributed by atoms with Crippen molar-refractivity contribution in [3.8, 4) is 11.6 Å². The van der Waals surface area contributed by atoms with Gasteiger partial charge in [-0.2, -0.15) is 8.78 Å². The Morgan fingerprint density at radius 3 is 2.78 bits per heavy atom. The van der Waals surface area contributed by atoms with Crippen LogP contribution in [0.3, 0.4) is 0 Å². The number of hydrogen-bond acceptors (Lipinski definition) is 4. The Bertz CT molecular complexity index is 673. The summed E-state index contributed by atoms with van der Waals surface area (Å²) in [5.41, 5.74) is 0. The first-order valence-corrected chi connectivity index (χ1v) is 8.95. The van der Waals surface area contributed by atoms with Crippen molar-refractivity contribution in [1.29, 1.82) is 0 Å². The van der Waals surface area contributed by atoms with E-state index in [4.69, 9.17) is 4.42 Å². The minimum Gasteiger partial charge on any atom is -0.461 e. The molecule has 2 heterocycles. The van der Waals surface area contributed by atoms with Crippen molar-refractivity contribution < 1.29 is 13.2 Å². The van der Waals surface area contributed by atoms with Crippen LogP contribution in [0.4, 0.5) is 8.78 Å². The Kier molecular flexibility index (Phi) is 3.91. The fraction of sp³-hybridized carbons (Fsp3) is 0.625. The van der Waals surface area contributed by atoms with Gasteiger partial charge in [0.15, 0.2) is 10.9 Å². The summed E-state index contributed by atoms with van der Waals surface area (Å²) < 4.78 is 33.1. The van der Waals surface area contributed by atoms with E-state index in [0.717, 1.165) is 5.92 Å². The third-order valence-electron chi connectivity index (χ3n) is 5.42. The number of hydrogen-bond donors (Lipinski definition) is 0. The molecule has 0 aliphatic heterocycles. The zero-order valence-corrected chi connectivity index (χ0v) is 13.7. The van der Waals surface area contributed by atoms with Gasteiger partial charge in [-0.3, -0.25) is 4.57 Å². The predicted molar refractivity (Wildman–Crippen MR) is 83.2 cm³/mol. The van der Waals surface area contributed by atoms with Crippen LogP contribution in [0.2, 0.25) is 0 Å². The molecule has 0 spiro atoms. The zero-order valence-electron chi connectivity index (χ0n) is 12.9. The Balaban J connectivity index is 1.71. The molecule has 0 unspecified atom stereocenters. The average molecular weight is 339 g/mol. The highest BCUT2D eigenvalue weighted by atomic mass is 32.2. The number of furan rings is 1. The van der Waals surface area contributed by atoms with Crippen LogP contribution in [0.25, 0.3) is 11.6 Å². The molecule has 23 heavy (non-hydrogen) atoms. The fourth-order valence-electron chi connectivity index (χ4n) is 4.45. The topological polar surface area (TPSA) is 43.9 Å². The lowest BCUT2D eigenvalue weighted by Gasteiger charge is -2.30. The van der Waals surface area contributed by atoms with Crippen molar-refractivity contribution in [3.05, 3.63) is 18.4 Å². The van der Waals surface area contributed by atoms with Crippen LogP contribution in [-0.4, -0.2) is 20.5 Å². The Labute approximate surface area is 137 Å². The minimum absolute atomic E-state index is 0.0987. The van der Waals surface area contributed by atoms with Gasteiger partial charge in [0.05, 0.1) is 6.26 Å². The first-order valence-electron chi connectivity index (χ1n) is 8.07. The summed E-state index contributed by atoms with van der Waals surface area (Å²) in [4.78, 5) is 0.